The largest absolute Gasteiger partial charge is 0.493 e. The number of carboxylic acids is 1. The topological polar surface area (TPSA) is 145 Å². The molecule has 2 aliphatic rings. The van der Waals surface area contributed by atoms with Gasteiger partial charge in [0.2, 0.25) is 0 Å². The first-order chi connectivity index (χ1) is 26.3. The summed E-state index contributed by atoms with van der Waals surface area (Å²) in [5.41, 5.74) is 4.31. The Hall–Kier alpha value is -4.97. The monoisotopic (exact) mass is 753 g/mol. The molecule has 54 heavy (non-hydrogen) atoms. The first kappa shape index (κ1) is 41.8. The summed E-state index contributed by atoms with van der Waals surface area (Å²) >= 11 is 1.71. The number of amides is 2. The van der Waals surface area contributed by atoms with Crippen molar-refractivity contribution >= 4 is 47.9 Å². The number of ether oxygens (including phenoxy) is 1. The van der Waals surface area contributed by atoms with E-state index in [-0.39, 0.29) is 17.4 Å². The van der Waals surface area contributed by atoms with Crippen LogP contribution in [0.3, 0.4) is 0 Å². The van der Waals surface area contributed by atoms with Gasteiger partial charge in [-0.3, -0.25) is 9.59 Å². The summed E-state index contributed by atoms with van der Waals surface area (Å²) in [5.74, 6) is -0.419. The number of nitrogens with one attached hydrogen (secondary N) is 2. The van der Waals surface area contributed by atoms with E-state index >= 15 is 0 Å². The average Bonchev–Trinajstić information content (AvgIpc) is 4.06. The maximum Gasteiger partial charge on any atom is 0.335 e. The molecule has 0 aromatic heterocycles. The highest BCUT2D eigenvalue weighted by Crippen LogP contribution is 2.33. The van der Waals surface area contributed by atoms with Crippen molar-refractivity contribution in [3.63, 3.8) is 0 Å². The van der Waals surface area contributed by atoms with Crippen molar-refractivity contribution in [3.05, 3.63) is 119 Å². The number of anilines is 2. The van der Waals surface area contributed by atoms with Crippen LogP contribution in [0.5, 0.6) is 5.75 Å². The van der Waals surface area contributed by atoms with Gasteiger partial charge in [-0.05, 0) is 128 Å². The number of hydrogen-bond donors (Lipinski definition) is 4. The number of aryl methyl sites for hydroxylation is 2. The van der Waals surface area contributed by atoms with Gasteiger partial charge in [-0.1, -0.05) is 56.5 Å². The number of aromatic carboxylic acids is 1. The third kappa shape index (κ3) is 12.6. The SMILES string of the molecule is C=O.CCN(Sc1cccc(C(=O)Nc2ccc(OCC3CC3)cc2C(=O)Nc2ccc(CCc3ccc(C(=O)O)cc3)cc2)c1)C1CCCCC1.CO. The summed E-state index contributed by atoms with van der Waals surface area (Å²) in [6, 6.07) is 28.1. The van der Waals surface area contributed by atoms with Crippen molar-refractivity contribution < 1.29 is 34.1 Å². The van der Waals surface area contributed by atoms with Gasteiger partial charge in [0.25, 0.3) is 11.8 Å². The van der Waals surface area contributed by atoms with Gasteiger partial charge >= 0.3 is 5.97 Å². The number of nitrogens with zero attached hydrogens (tertiary/aromatic N) is 1. The molecule has 0 aliphatic heterocycles. The Bertz CT molecular complexity index is 1810. The van der Waals surface area contributed by atoms with Crippen LogP contribution in [0.4, 0.5) is 11.4 Å². The smallest absolute Gasteiger partial charge is 0.335 e. The zero-order chi connectivity index (χ0) is 38.9. The van der Waals surface area contributed by atoms with Crippen molar-refractivity contribution in [1.82, 2.24) is 4.31 Å². The van der Waals surface area contributed by atoms with Gasteiger partial charge in [0.15, 0.2) is 0 Å². The molecule has 2 aliphatic carbocycles. The highest BCUT2D eigenvalue weighted by Gasteiger charge is 2.24. The lowest BCUT2D eigenvalue weighted by molar-refractivity contribution is -0.0980. The summed E-state index contributed by atoms with van der Waals surface area (Å²) in [6.07, 6.45) is 10.1. The van der Waals surface area contributed by atoms with E-state index in [2.05, 4.69) is 21.9 Å². The zero-order valence-electron chi connectivity index (χ0n) is 31.1. The first-order valence-corrected chi connectivity index (χ1v) is 19.2. The number of carbonyl (C=O) groups is 4. The lowest BCUT2D eigenvalue weighted by atomic mass is 9.95. The van der Waals surface area contributed by atoms with Crippen molar-refractivity contribution in [2.75, 3.05) is 30.9 Å². The molecule has 4 aromatic rings. The first-order valence-electron chi connectivity index (χ1n) is 18.4. The van der Waals surface area contributed by atoms with Gasteiger partial charge in [0.05, 0.1) is 23.4 Å². The number of hydrogen-bond acceptors (Lipinski definition) is 8. The summed E-state index contributed by atoms with van der Waals surface area (Å²) in [5, 5.41) is 22.1. The van der Waals surface area contributed by atoms with Gasteiger partial charge in [-0.2, -0.15) is 0 Å². The normalized spacial score (nSPS) is 13.8. The molecule has 0 unspecified atom stereocenters. The summed E-state index contributed by atoms with van der Waals surface area (Å²) in [4.78, 5) is 47.4. The van der Waals surface area contributed by atoms with E-state index in [4.69, 9.17) is 19.7 Å². The van der Waals surface area contributed by atoms with Gasteiger partial charge < -0.3 is 30.4 Å². The number of rotatable bonds is 15. The van der Waals surface area contributed by atoms with Crippen molar-refractivity contribution in [2.45, 2.75) is 75.6 Å². The van der Waals surface area contributed by atoms with Crippen LogP contribution in [0.2, 0.25) is 0 Å². The van der Waals surface area contributed by atoms with Crippen LogP contribution >= 0.6 is 11.9 Å². The summed E-state index contributed by atoms with van der Waals surface area (Å²) in [7, 11) is 1.00. The highest BCUT2D eigenvalue weighted by atomic mass is 32.2. The minimum absolute atomic E-state index is 0.272. The molecule has 4 aromatic carbocycles. The van der Waals surface area contributed by atoms with Crippen molar-refractivity contribution in [3.8, 4) is 5.75 Å². The second-order valence-corrected chi connectivity index (χ2v) is 14.3. The van der Waals surface area contributed by atoms with Crippen LogP contribution in [0.15, 0.2) is 95.9 Å². The number of benzene rings is 4. The number of carboxylic acid groups (broad SMARTS) is 1. The fraction of sp³-hybridized carbons (Fsp3) is 0.349. The molecule has 10 nitrogen and oxygen atoms in total. The van der Waals surface area contributed by atoms with Crippen LogP contribution in [-0.4, -0.2) is 65.4 Å². The lowest BCUT2D eigenvalue weighted by Gasteiger charge is -2.32. The third-order valence-corrected chi connectivity index (χ3v) is 10.6. The van der Waals surface area contributed by atoms with Crippen LogP contribution in [0, 0.1) is 5.92 Å². The summed E-state index contributed by atoms with van der Waals surface area (Å²) < 4.78 is 8.43. The lowest BCUT2D eigenvalue weighted by Crippen LogP contribution is -2.31. The van der Waals surface area contributed by atoms with E-state index in [1.165, 1.54) is 32.1 Å². The molecule has 4 N–H and O–H groups in total. The molecule has 2 fully saturated rings. The molecule has 2 saturated carbocycles. The molecule has 2 amide bonds. The van der Waals surface area contributed by atoms with Crippen LogP contribution in [0.1, 0.15) is 94.1 Å². The van der Waals surface area contributed by atoms with Crippen LogP contribution in [-0.2, 0) is 17.6 Å². The number of aliphatic hydroxyl groups excluding tert-OH is 1. The van der Waals surface area contributed by atoms with Gasteiger partial charge in [0.1, 0.15) is 12.5 Å². The second kappa shape index (κ2) is 21.7. The maximum atomic E-state index is 13.7. The second-order valence-electron chi connectivity index (χ2n) is 13.2. The zero-order valence-corrected chi connectivity index (χ0v) is 31.9. The Balaban J connectivity index is 0.00000157. The molecule has 0 spiro atoms. The van der Waals surface area contributed by atoms with E-state index in [9.17, 15) is 14.4 Å². The summed E-state index contributed by atoms with van der Waals surface area (Å²) in [6.45, 7) is 5.73. The molecule has 11 heteroatoms. The molecular formula is C43H51N3O7S. The molecule has 286 valence electrons. The number of carbonyl (C=O) groups excluding carboxylic acids is 3. The third-order valence-electron chi connectivity index (χ3n) is 9.39. The predicted octanol–water partition coefficient (Wildman–Crippen LogP) is 8.55. The Labute approximate surface area is 322 Å². The molecule has 0 radical (unpaired) electrons. The Kier molecular flexibility index (Phi) is 16.8. The minimum Gasteiger partial charge on any atom is -0.493 e. The van der Waals surface area contributed by atoms with Crippen LogP contribution in [0.25, 0.3) is 0 Å². The van der Waals surface area contributed by atoms with Gasteiger partial charge in [-0.15, -0.1) is 0 Å². The maximum absolute atomic E-state index is 13.7. The van der Waals surface area contributed by atoms with E-state index in [1.54, 1.807) is 48.3 Å². The van der Waals surface area contributed by atoms with E-state index in [0.717, 1.165) is 55.4 Å². The molecule has 0 saturated heterocycles. The van der Waals surface area contributed by atoms with E-state index in [0.29, 0.717) is 46.8 Å². The van der Waals surface area contributed by atoms with Gasteiger partial charge in [0, 0.05) is 35.8 Å². The highest BCUT2D eigenvalue weighted by molar-refractivity contribution is 7.97. The molecule has 0 heterocycles. The average molecular weight is 754 g/mol. The minimum atomic E-state index is -0.936. The Morgan fingerprint density at radius 1 is 0.778 bits per heavy atom. The fourth-order valence-electron chi connectivity index (χ4n) is 6.25. The van der Waals surface area contributed by atoms with Crippen molar-refractivity contribution in [1.29, 1.82) is 0 Å². The quantitative estimate of drug-likeness (QED) is 0.0878. The van der Waals surface area contributed by atoms with Crippen molar-refractivity contribution in [2.24, 2.45) is 5.92 Å². The fourth-order valence-corrected chi connectivity index (χ4v) is 7.33. The Morgan fingerprint density at radius 2 is 1.43 bits per heavy atom. The molecule has 0 atom stereocenters. The molecule has 6 rings (SSSR count). The van der Waals surface area contributed by atoms with Crippen LogP contribution < -0.4 is 15.4 Å². The van der Waals surface area contributed by atoms with E-state index in [1.807, 2.05) is 61.4 Å². The van der Waals surface area contributed by atoms with E-state index < -0.39 is 5.97 Å². The Morgan fingerprint density at radius 3 is 2.04 bits per heavy atom. The standard InChI is InChI=1S/C41H45N3O5S.CH4O.CH2O/c1-2-44(34-8-4-3-5-9-34)50-36-10-6-7-32(25-36)39(45)43-38-24-23-35(49-27-30-13-14-30)26-37(38)40(46)42-33-21-17-29(18-22-33)12-11-28-15-19-31(20-16-28)41(47)48;2*1-2/h6-7,10,15-26,30,34H,2-5,8-9,11-14,27H2,1H3,(H,42,46)(H,43,45)(H,47,48);2H,1H3;1H2. The predicted molar refractivity (Wildman–Crippen MR) is 215 cm³/mol. The molecular weight excluding hydrogens is 703 g/mol. The molecule has 0 bridgehead atoms. The van der Waals surface area contributed by atoms with Gasteiger partial charge in [-0.25, -0.2) is 9.10 Å². The number of aliphatic hydroxyl groups is 1.